The quantitative estimate of drug-likeness (QED) is 0.514. The lowest BCUT2D eigenvalue weighted by molar-refractivity contribution is -0.134. The molecule has 0 fully saturated rings. The Kier molecular flexibility index (Phi) is 3.07. The maximum Gasteiger partial charge on any atom is 0.310 e. The molecule has 2 nitrogen and oxygen atoms in total. The van der Waals surface area contributed by atoms with Crippen molar-refractivity contribution in [3.8, 4) is 5.75 Å². The third-order valence-electron chi connectivity index (χ3n) is 2.00. The van der Waals surface area contributed by atoms with Gasteiger partial charge in [-0.15, -0.1) is 0 Å². The van der Waals surface area contributed by atoms with E-state index in [0.29, 0.717) is 12.2 Å². The monoisotopic (exact) mass is 178 g/mol. The molecular weight excluding hydrogens is 164 g/mol. The van der Waals surface area contributed by atoms with Crippen LogP contribution in [0.3, 0.4) is 0 Å². The molecule has 0 unspecified atom stereocenters. The van der Waals surface area contributed by atoms with E-state index in [1.165, 1.54) is 5.56 Å². The molecule has 13 heavy (non-hydrogen) atoms. The van der Waals surface area contributed by atoms with Gasteiger partial charge in [0, 0.05) is 6.42 Å². The van der Waals surface area contributed by atoms with E-state index in [1.54, 1.807) is 6.92 Å². The van der Waals surface area contributed by atoms with Crippen molar-refractivity contribution >= 4 is 5.97 Å². The van der Waals surface area contributed by atoms with Crippen molar-refractivity contribution in [1.29, 1.82) is 0 Å². The minimum Gasteiger partial charge on any atom is -0.427 e. The van der Waals surface area contributed by atoms with Crippen LogP contribution in [-0.2, 0) is 4.79 Å². The number of benzene rings is 1. The van der Waals surface area contributed by atoms with Crippen molar-refractivity contribution in [2.45, 2.75) is 27.2 Å². The molecule has 0 aliphatic rings. The second kappa shape index (κ2) is 4.08. The standard InChI is InChI=1S/C11H14O2/c1-4-11(12)13-10-6-5-8(2)9(3)7-10/h5-7H,4H2,1-3H3. The molecule has 0 spiro atoms. The minimum atomic E-state index is -0.191. The van der Waals surface area contributed by atoms with E-state index in [-0.39, 0.29) is 5.97 Å². The van der Waals surface area contributed by atoms with Crippen LogP contribution in [0.4, 0.5) is 0 Å². The highest BCUT2D eigenvalue weighted by atomic mass is 16.5. The fraction of sp³-hybridized carbons (Fsp3) is 0.364. The van der Waals surface area contributed by atoms with Gasteiger partial charge in [-0.2, -0.15) is 0 Å². The summed E-state index contributed by atoms with van der Waals surface area (Å²) in [6.07, 6.45) is 0.410. The lowest BCUT2D eigenvalue weighted by atomic mass is 10.1. The zero-order chi connectivity index (χ0) is 9.84. The van der Waals surface area contributed by atoms with Crippen LogP contribution in [-0.4, -0.2) is 5.97 Å². The van der Waals surface area contributed by atoms with Crippen LogP contribution in [0, 0.1) is 13.8 Å². The Balaban J connectivity index is 2.79. The van der Waals surface area contributed by atoms with Crippen LogP contribution in [0.2, 0.25) is 0 Å². The van der Waals surface area contributed by atoms with E-state index in [2.05, 4.69) is 0 Å². The molecule has 0 heterocycles. The molecule has 1 rings (SSSR count). The van der Waals surface area contributed by atoms with E-state index in [1.807, 2.05) is 32.0 Å². The Hall–Kier alpha value is -1.31. The number of hydrogen-bond donors (Lipinski definition) is 0. The van der Waals surface area contributed by atoms with Gasteiger partial charge < -0.3 is 4.74 Å². The summed E-state index contributed by atoms with van der Waals surface area (Å²) in [5.74, 6) is 0.443. The summed E-state index contributed by atoms with van der Waals surface area (Å²) in [5, 5.41) is 0. The van der Waals surface area contributed by atoms with Gasteiger partial charge in [-0.05, 0) is 37.1 Å². The fourth-order valence-corrected chi connectivity index (χ4v) is 0.981. The zero-order valence-corrected chi connectivity index (χ0v) is 8.26. The largest absolute Gasteiger partial charge is 0.427 e. The first-order valence-electron chi connectivity index (χ1n) is 4.41. The summed E-state index contributed by atoms with van der Waals surface area (Å²) in [6, 6.07) is 5.65. The van der Waals surface area contributed by atoms with Crippen LogP contribution in [0.25, 0.3) is 0 Å². The Labute approximate surface area is 78.5 Å². The molecule has 2 heteroatoms. The van der Waals surface area contributed by atoms with Crippen molar-refractivity contribution in [3.05, 3.63) is 29.3 Å². The summed E-state index contributed by atoms with van der Waals surface area (Å²) < 4.78 is 5.06. The molecule has 0 saturated heterocycles. The molecule has 0 atom stereocenters. The highest BCUT2D eigenvalue weighted by Crippen LogP contribution is 2.16. The predicted octanol–water partition coefficient (Wildman–Crippen LogP) is 2.62. The van der Waals surface area contributed by atoms with E-state index in [4.69, 9.17) is 4.74 Å². The Morgan fingerprint density at radius 1 is 1.31 bits per heavy atom. The molecule has 0 radical (unpaired) electrons. The van der Waals surface area contributed by atoms with Gasteiger partial charge >= 0.3 is 5.97 Å². The van der Waals surface area contributed by atoms with E-state index >= 15 is 0 Å². The third-order valence-corrected chi connectivity index (χ3v) is 2.00. The Morgan fingerprint density at radius 2 is 2.00 bits per heavy atom. The summed E-state index contributed by atoms with van der Waals surface area (Å²) in [6.45, 7) is 5.81. The van der Waals surface area contributed by atoms with Crippen LogP contribution in [0.5, 0.6) is 5.75 Å². The number of esters is 1. The summed E-state index contributed by atoms with van der Waals surface area (Å²) >= 11 is 0. The molecular formula is C11H14O2. The molecule has 0 amide bonds. The first kappa shape index (κ1) is 9.78. The highest BCUT2D eigenvalue weighted by Gasteiger charge is 2.01. The van der Waals surface area contributed by atoms with Gasteiger partial charge in [0.1, 0.15) is 5.75 Å². The normalized spacial score (nSPS) is 9.77. The van der Waals surface area contributed by atoms with Crippen molar-refractivity contribution < 1.29 is 9.53 Å². The Morgan fingerprint density at radius 3 is 2.54 bits per heavy atom. The van der Waals surface area contributed by atoms with Gasteiger partial charge in [0.25, 0.3) is 0 Å². The first-order valence-corrected chi connectivity index (χ1v) is 4.41. The summed E-state index contributed by atoms with van der Waals surface area (Å²) in [7, 11) is 0. The molecule has 0 bridgehead atoms. The zero-order valence-electron chi connectivity index (χ0n) is 8.26. The van der Waals surface area contributed by atoms with Gasteiger partial charge in [-0.3, -0.25) is 4.79 Å². The maximum atomic E-state index is 11.0. The number of carbonyl (C=O) groups excluding carboxylic acids is 1. The molecule has 70 valence electrons. The number of carbonyl (C=O) groups is 1. The number of hydrogen-bond acceptors (Lipinski definition) is 2. The average molecular weight is 178 g/mol. The Bertz CT molecular complexity index is 316. The van der Waals surface area contributed by atoms with Gasteiger partial charge in [0.05, 0.1) is 0 Å². The second-order valence-electron chi connectivity index (χ2n) is 3.07. The lowest BCUT2D eigenvalue weighted by Gasteiger charge is -2.04. The smallest absolute Gasteiger partial charge is 0.310 e. The molecule has 1 aromatic rings. The SMILES string of the molecule is CCC(=O)Oc1ccc(C)c(C)c1. The summed E-state index contributed by atoms with van der Waals surface area (Å²) in [4.78, 5) is 11.0. The minimum absolute atomic E-state index is 0.191. The van der Waals surface area contributed by atoms with Crippen LogP contribution < -0.4 is 4.74 Å². The molecule has 0 aliphatic carbocycles. The molecule has 0 saturated carbocycles. The van der Waals surface area contributed by atoms with Crippen molar-refractivity contribution in [2.75, 3.05) is 0 Å². The highest BCUT2D eigenvalue weighted by molar-refractivity contribution is 5.72. The van der Waals surface area contributed by atoms with E-state index < -0.39 is 0 Å². The van der Waals surface area contributed by atoms with Crippen molar-refractivity contribution in [1.82, 2.24) is 0 Å². The molecule has 0 aromatic heterocycles. The number of aryl methyl sites for hydroxylation is 2. The average Bonchev–Trinajstić information content (AvgIpc) is 2.11. The molecule has 1 aromatic carbocycles. The topological polar surface area (TPSA) is 26.3 Å². The van der Waals surface area contributed by atoms with E-state index in [0.717, 1.165) is 5.56 Å². The van der Waals surface area contributed by atoms with Crippen molar-refractivity contribution in [3.63, 3.8) is 0 Å². The maximum absolute atomic E-state index is 11.0. The van der Waals surface area contributed by atoms with Crippen LogP contribution in [0.1, 0.15) is 24.5 Å². The molecule has 0 N–H and O–H groups in total. The first-order chi connectivity index (χ1) is 6.13. The predicted molar refractivity (Wildman–Crippen MR) is 51.8 cm³/mol. The lowest BCUT2D eigenvalue weighted by Crippen LogP contribution is -2.05. The number of rotatable bonds is 2. The van der Waals surface area contributed by atoms with Crippen LogP contribution in [0.15, 0.2) is 18.2 Å². The third kappa shape index (κ3) is 2.58. The van der Waals surface area contributed by atoms with Gasteiger partial charge in [0.15, 0.2) is 0 Å². The van der Waals surface area contributed by atoms with E-state index in [9.17, 15) is 4.79 Å². The molecule has 0 aliphatic heterocycles. The van der Waals surface area contributed by atoms with Gasteiger partial charge in [-0.25, -0.2) is 0 Å². The second-order valence-corrected chi connectivity index (χ2v) is 3.07. The summed E-state index contributed by atoms with van der Waals surface area (Å²) in [5.41, 5.74) is 2.35. The van der Waals surface area contributed by atoms with Crippen LogP contribution >= 0.6 is 0 Å². The number of ether oxygens (including phenoxy) is 1. The van der Waals surface area contributed by atoms with Gasteiger partial charge in [0.2, 0.25) is 0 Å². The fourth-order valence-electron chi connectivity index (χ4n) is 0.981. The van der Waals surface area contributed by atoms with Crippen molar-refractivity contribution in [2.24, 2.45) is 0 Å². The van der Waals surface area contributed by atoms with Gasteiger partial charge in [-0.1, -0.05) is 13.0 Å².